The minimum atomic E-state index is 0.0183. The van der Waals surface area contributed by atoms with E-state index in [-0.39, 0.29) is 11.2 Å². The van der Waals surface area contributed by atoms with Crippen LogP contribution in [0.25, 0.3) is 5.69 Å². The second kappa shape index (κ2) is 5.13. The highest BCUT2D eigenvalue weighted by atomic mass is 127. The summed E-state index contributed by atoms with van der Waals surface area (Å²) in [5.41, 5.74) is 4.24. The first-order chi connectivity index (χ1) is 9.78. The summed E-state index contributed by atoms with van der Waals surface area (Å²) in [5, 5.41) is 0.734. The number of benzene rings is 1. The van der Waals surface area contributed by atoms with Crippen LogP contribution >= 0.6 is 34.2 Å². The molecule has 0 radical (unpaired) electrons. The van der Waals surface area contributed by atoms with Gasteiger partial charge >= 0.3 is 0 Å². The molecule has 1 heterocycles. The fourth-order valence-corrected chi connectivity index (χ4v) is 4.26. The molecule has 21 heavy (non-hydrogen) atoms. The third-order valence-corrected chi connectivity index (χ3v) is 5.12. The predicted octanol–water partition coefficient (Wildman–Crippen LogP) is 5.20. The molecule has 0 atom stereocenters. The summed E-state index contributed by atoms with van der Waals surface area (Å²) in [4.78, 5) is 12.4. The molecule has 1 aliphatic rings. The lowest BCUT2D eigenvalue weighted by Crippen LogP contribution is -2.28. The lowest BCUT2D eigenvalue weighted by atomic mass is 9.76. The van der Waals surface area contributed by atoms with Crippen LogP contribution in [0.5, 0.6) is 0 Å². The van der Waals surface area contributed by atoms with E-state index >= 15 is 0 Å². The smallest absolute Gasteiger partial charge is 0.165 e. The van der Waals surface area contributed by atoms with Crippen LogP contribution in [0.3, 0.4) is 0 Å². The van der Waals surface area contributed by atoms with Crippen molar-refractivity contribution in [2.24, 2.45) is 5.41 Å². The maximum Gasteiger partial charge on any atom is 0.165 e. The van der Waals surface area contributed by atoms with E-state index in [0.29, 0.717) is 6.42 Å². The Balaban J connectivity index is 2.23. The zero-order valence-electron chi connectivity index (χ0n) is 12.3. The van der Waals surface area contributed by atoms with Gasteiger partial charge in [-0.05, 0) is 65.6 Å². The maximum absolute atomic E-state index is 12.4. The van der Waals surface area contributed by atoms with Crippen LogP contribution in [0.1, 0.15) is 42.0 Å². The van der Waals surface area contributed by atoms with Gasteiger partial charge in [0.1, 0.15) is 0 Å². The number of carbonyl (C=O) groups excluding carboxylic acids is 1. The van der Waals surface area contributed by atoms with Gasteiger partial charge in [0.15, 0.2) is 5.78 Å². The quantitative estimate of drug-likeness (QED) is 0.589. The summed E-state index contributed by atoms with van der Waals surface area (Å²) >= 11 is 8.36. The van der Waals surface area contributed by atoms with E-state index in [0.717, 1.165) is 37.7 Å². The largest absolute Gasteiger partial charge is 0.316 e. The SMILES string of the molecule is Cc1cc2c(n1-c1ccc(Cl)cc1I)CC(C)(C)CC2=O. The predicted molar refractivity (Wildman–Crippen MR) is 94.7 cm³/mol. The molecule has 0 saturated heterocycles. The minimum Gasteiger partial charge on any atom is -0.316 e. The third kappa shape index (κ3) is 2.66. The molecular formula is C17H17ClINO. The molecule has 2 nitrogen and oxygen atoms in total. The van der Waals surface area contributed by atoms with Crippen LogP contribution in [-0.2, 0) is 6.42 Å². The second-order valence-electron chi connectivity index (χ2n) is 6.52. The number of fused-ring (bicyclic) bond motifs is 1. The van der Waals surface area contributed by atoms with Crippen molar-refractivity contribution in [1.29, 1.82) is 0 Å². The van der Waals surface area contributed by atoms with Crippen LogP contribution in [0.4, 0.5) is 0 Å². The summed E-state index contributed by atoms with van der Waals surface area (Å²) in [6, 6.07) is 7.92. The molecule has 4 heteroatoms. The van der Waals surface area contributed by atoms with Crippen LogP contribution in [-0.4, -0.2) is 10.4 Å². The Morgan fingerprint density at radius 2 is 1.95 bits per heavy atom. The topological polar surface area (TPSA) is 22.0 Å². The lowest BCUT2D eigenvalue weighted by molar-refractivity contribution is 0.0911. The fraction of sp³-hybridized carbons (Fsp3) is 0.353. The van der Waals surface area contributed by atoms with Gasteiger partial charge in [-0.3, -0.25) is 4.79 Å². The summed E-state index contributed by atoms with van der Waals surface area (Å²) in [7, 11) is 0. The minimum absolute atomic E-state index is 0.0183. The number of hydrogen-bond acceptors (Lipinski definition) is 1. The third-order valence-electron chi connectivity index (χ3n) is 4.02. The van der Waals surface area contributed by atoms with Crippen molar-refractivity contribution in [2.75, 3.05) is 0 Å². The van der Waals surface area contributed by atoms with E-state index in [4.69, 9.17) is 11.6 Å². The summed E-state index contributed by atoms with van der Waals surface area (Å²) in [6.45, 7) is 6.38. The van der Waals surface area contributed by atoms with E-state index in [2.05, 4.69) is 47.9 Å². The molecule has 0 amide bonds. The fourth-order valence-electron chi connectivity index (χ4n) is 3.15. The van der Waals surface area contributed by atoms with E-state index in [1.165, 1.54) is 0 Å². The number of aromatic nitrogens is 1. The molecule has 0 fully saturated rings. The number of rotatable bonds is 1. The van der Waals surface area contributed by atoms with E-state index < -0.39 is 0 Å². The van der Waals surface area contributed by atoms with Crippen molar-refractivity contribution < 1.29 is 4.79 Å². The van der Waals surface area contributed by atoms with Gasteiger partial charge in [-0.25, -0.2) is 0 Å². The van der Waals surface area contributed by atoms with Crippen molar-refractivity contribution in [3.8, 4) is 5.69 Å². The van der Waals surface area contributed by atoms with Gasteiger partial charge in [0.2, 0.25) is 0 Å². The van der Waals surface area contributed by atoms with Gasteiger partial charge in [0.25, 0.3) is 0 Å². The Bertz CT molecular complexity index is 745. The highest BCUT2D eigenvalue weighted by Crippen LogP contribution is 2.38. The monoisotopic (exact) mass is 413 g/mol. The number of halogens is 2. The van der Waals surface area contributed by atoms with Crippen molar-refractivity contribution in [3.63, 3.8) is 0 Å². The number of hydrogen-bond donors (Lipinski definition) is 0. The molecule has 0 unspecified atom stereocenters. The molecule has 0 aliphatic heterocycles. The summed E-state index contributed by atoms with van der Waals surface area (Å²) in [6.07, 6.45) is 1.54. The van der Waals surface area contributed by atoms with E-state index in [1.54, 1.807) is 0 Å². The Kier molecular flexibility index (Phi) is 3.69. The van der Waals surface area contributed by atoms with Gasteiger partial charge in [0.05, 0.1) is 5.69 Å². The van der Waals surface area contributed by atoms with E-state index in [1.807, 2.05) is 24.3 Å². The van der Waals surface area contributed by atoms with Gasteiger partial charge in [-0.2, -0.15) is 0 Å². The van der Waals surface area contributed by atoms with Crippen molar-refractivity contribution >= 4 is 40.0 Å². The normalized spacial score (nSPS) is 16.9. The Morgan fingerprint density at radius 1 is 1.24 bits per heavy atom. The Labute approximate surface area is 143 Å². The summed E-state index contributed by atoms with van der Waals surface area (Å²) < 4.78 is 3.31. The zero-order chi connectivity index (χ0) is 15.4. The van der Waals surface area contributed by atoms with Crippen molar-refractivity contribution in [2.45, 2.75) is 33.6 Å². The van der Waals surface area contributed by atoms with Gasteiger partial charge in [-0.15, -0.1) is 0 Å². The first-order valence-electron chi connectivity index (χ1n) is 6.98. The Morgan fingerprint density at radius 3 is 2.62 bits per heavy atom. The molecular weight excluding hydrogens is 397 g/mol. The molecule has 0 bridgehead atoms. The maximum atomic E-state index is 12.4. The first-order valence-corrected chi connectivity index (χ1v) is 8.44. The van der Waals surface area contributed by atoms with Crippen LogP contribution in [0.15, 0.2) is 24.3 Å². The van der Waals surface area contributed by atoms with Crippen molar-refractivity contribution in [1.82, 2.24) is 4.57 Å². The molecule has 1 aromatic carbocycles. The highest BCUT2D eigenvalue weighted by Gasteiger charge is 2.34. The van der Waals surface area contributed by atoms with Crippen LogP contribution in [0.2, 0.25) is 5.02 Å². The van der Waals surface area contributed by atoms with Crippen LogP contribution in [0, 0.1) is 15.9 Å². The van der Waals surface area contributed by atoms with Crippen LogP contribution < -0.4 is 0 Å². The van der Waals surface area contributed by atoms with Gasteiger partial charge in [-0.1, -0.05) is 25.4 Å². The Hall–Kier alpha value is -0.810. The number of ketones is 1. The second-order valence-corrected chi connectivity index (χ2v) is 8.12. The molecule has 0 spiro atoms. The number of carbonyl (C=O) groups is 1. The molecule has 110 valence electrons. The molecule has 2 aromatic rings. The average Bonchev–Trinajstić information content (AvgIpc) is 2.65. The lowest BCUT2D eigenvalue weighted by Gasteiger charge is -2.30. The number of Topliss-reactive ketones (excluding diaryl/α,β-unsaturated/α-hetero) is 1. The molecule has 1 aromatic heterocycles. The molecule has 3 rings (SSSR count). The highest BCUT2D eigenvalue weighted by molar-refractivity contribution is 14.1. The first kappa shape index (κ1) is 15.1. The summed E-state index contributed by atoms with van der Waals surface area (Å²) in [5.74, 6) is 0.257. The molecule has 1 aliphatic carbocycles. The number of nitrogens with zero attached hydrogens (tertiary/aromatic N) is 1. The van der Waals surface area contributed by atoms with E-state index in [9.17, 15) is 4.79 Å². The van der Waals surface area contributed by atoms with Crippen molar-refractivity contribution in [3.05, 3.63) is 49.8 Å². The van der Waals surface area contributed by atoms with Gasteiger partial charge in [0, 0.05) is 32.0 Å². The number of aryl methyl sites for hydroxylation is 1. The zero-order valence-corrected chi connectivity index (χ0v) is 15.2. The average molecular weight is 414 g/mol. The molecule has 0 N–H and O–H groups in total. The molecule has 0 saturated carbocycles. The standard InChI is InChI=1S/C17H17ClINO/c1-10-6-12-15(8-17(2,3)9-16(12)21)20(10)14-5-4-11(18)7-13(14)19/h4-7H,8-9H2,1-3H3. The van der Waals surface area contributed by atoms with Gasteiger partial charge < -0.3 is 4.57 Å².